The fourth-order valence-electron chi connectivity index (χ4n) is 1.35. The van der Waals surface area contributed by atoms with E-state index in [0.717, 1.165) is 16.9 Å². The van der Waals surface area contributed by atoms with E-state index in [4.69, 9.17) is 5.21 Å². The van der Waals surface area contributed by atoms with E-state index in [9.17, 15) is 0 Å². The summed E-state index contributed by atoms with van der Waals surface area (Å²) in [6, 6.07) is 6.27. The lowest BCUT2D eigenvalue weighted by Crippen LogP contribution is -2.10. The van der Waals surface area contributed by atoms with Crippen LogP contribution in [0.3, 0.4) is 0 Å². The van der Waals surface area contributed by atoms with Crippen molar-refractivity contribution in [3.05, 3.63) is 23.2 Å². The average molecular weight is 206 g/mol. The molecule has 3 nitrogen and oxygen atoms in total. The van der Waals surface area contributed by atoms with Crippen LogP contribution in [0.15, 0.2) is 18.2 Å². The van der Waals surface area contributed by atoms with Gasteiger partial charge in [-0.1, -0.05) is 11.5 Å². The minimum atomic E-state index is 0.554. The van der Waals surface area contributed by atoms with Crippen molar-refractivity contribution in [2.45, 2.75) is 6.42 Å². The highest BCUT2D eigenvalue weighted by Crippen LogP contribution is 2.20. The van der Waals surface area contributed by atoms with Crippen LogP contribution in [-0.2, 0) is 6.42 Å². The lowest BCUT2D eigenvalue weighted by molar-refractivity contribution is 0.168. The summed E-state index contributed by atoms with van der Waals surface area (Å²) in [5, 5.41) is 9.54. The molecule has 0 saturated carbocycles. The highest BCUT2D eigenvalue weighted by molar-refractivity contribution is 7.18. The van der Waals surface area contributed by atoms with Crippen molar-refractivity contribution in [3.63, 3.8) is 0 Å². The third-order valence-electron chi connectivity index (χ3n) is 2.04. The quantitative estimate of drug-likeness (QED) is 0.552. The zero-order chi connectivity index (χ0) is 9.97. The Labute approximate surface area is 87.2 Å². The summed E-state index contributed by atoms with van der Waals surface area (Å²) in [5.41, 5.74) is 4.43. The van der Waals surface area contributed by atoms with Crippen molar-refractivity contribution in [2.24, 2.45) is 0 Å². The predicted octanol–water partition coefficient (Wildman–Crippen LogP) is 0.0760. The smallest absolute Gasteiger partial charge is 0.139 e. The van der Waals surface area contributed by atoms with E-state index in [1.54, 1.807) is 11.3 Å². The number of fused-ring (bicyclic) bond motifs is 1. The first-order valence-electron chi connectivity index (χ1n) is 4.52. The molecule has 1 aromatic heterocycles. The molecule has 0 amide bonds. The van der Waals surface area contributed by atoms with E-state index < -0.39 is 0 Å². The predicted molar refractivity (Wildman–Crippen MR) is 61.3 cm³/mol. The number of nitrogens with one attached hydrogen (secondary N) is 1. The molecule has 2 rings (SSSR count). The standard InChI is InChI=1S/C9H11BN2OS/c10-6-1-2-8-7(5-6)12-9(14-8)3-4-11-13/h1-2,5,11,13H,3-4,10H2. The van der Waals surface area contributed by atoms with Crippen LogP contribution in [-0.4, -0.2) is 24.6 Å². The van der Waals surface area contributed by atoms with Crippen LogP contribution in [0.5, 0.6) is 0 Å². The molecule has 1 aromatic carbocycles. The molecule has 0 aliphatic rings. The zero-order valence-electron chi connectivity index (χ0n) is 7.95. The number of hydrogen-bond acceptors (Lipinski definition) is 4. The Balaban J connectivity index is 2.32. The second-order valence-electron chi connectivity index (χ2n) is 3.24. The van der Waals surface area contributed by atoms with Gasteiger partial charge in [-0.05, 0) is 12.1 Å². The molecular weight excluding hydrogens is 195 g/mol. The van der Waals surface area contributed by atoms with Crippen LogP contribution in [0.4, 0.5) is 0 Å². The fraction of sp³-hybridized carbons (Fsp3) is 0.222. The van der Waals surface area contributed by atoms with E-state index >= 15 is 0 Å². The van der Waals surface area contributed by atoms with Gasteiger partial charge in [-0.15, -0.1) is 11.3 Å². The first-order chi connectivity index (χ1) is 6.79. The highest BCUT2D eigenvalue weighted by atomic mass is 32.1. The second-order valence-corrected chi connectivity index (χ2v) is 4.35. The molecule has 0 radical (unpaired) electrons. The Morgan fingerprint density at radius 1 is 1.50 bits per heavy atom. The van der Waals surface area contributed by atoms with Gasteiger partial charge in [0.2, 0.25) is 0 Å². The van der Waals surface area contributed by atoms with Gasteiger partial charge in [-0.2, -0.15) is 0 Å². The summed E-state index contributed by atoms with van der Waals surface area (Å²) >= 11 is 1.68. The van der Waals surface area contributed by atoms with Crippen LogP contribution in [0, 0.1) is 0 Å². The molecule has 0 spiro atoms. The molecule has 0 bridgehead atoms. The molecule has 0 atom stereocenters. The molecular formula is C9H11BN2OS. The SMILES string of the molecule is Bc1ccc2sc(CCNO)nc2c1. The largest absolute Gasteiger partial charge is 0.317 e. The molecule has 0 unspecified atom stereocenters. The average Bonchev–Trinajstić information content (AvgIpc) is 2.56. The first kappa shape index (κ1) is 9.64. The molecule has 0 aliphatic carbocycles. The van der Waals surface area contributed by atoms with Crippen molar-refractivity contribution in [1.82, 2.24) is 10.5 Å². The Kier molecular flexibility index (Phi) is 2.81. The maximum Gasteiger partial charge on any atom is 0.139 e. The number of aromatic nitrogens is 1. The van der Waals surface area contributed by atoms with Crippen LogP contribution in [0.25, 0.3) is 10.2 Å². The van der Waals surface area contributed by atoms with Gasteiger partial charge < -0.3 is 5.21 Å². The Hall–Kier alpha value is -0.905. The molecule has 0 saturated heterocycles. The van der Waals surface area contributed by atoms with Gasteiger partial charge >= 0.3 is 0 Å². The van der Waals surface area contributed by atoms with E-state index in [-0.39, 0.29) is 0 Å². The molecule has 5 heteroatoms. The number of hydrogen-bond donors (Lipinski definition) is 2. The summed E-state index contributed by atoms with van der Waals surface area (Å²) in [7, 11) is 2.06. The Morgan fingerprint density at radius 2 is 2.36 bits per heavy atom. The van der Waals surface area contributed by atoms with Crippen LogP contribution < -0.4 is 10.9 Å². The monoisotopic (exact) mass is 206 g/mol. The van der Waals surface area contributed by atoms with Crippen molar-refractivity contribution in [3.8, 4) is 0 Å². The molecule has 2 N–H and O–H groups in total. The number of nitrogens with zero attached hydrogens (tertiary/aromatic N) is 1. The van der Waals surface area contributed by atoms with Gasteiger partial charge in [0.15, 0.2) is 0 Å². The van der Waals surface area contributed by atoms with Crippen LogP contribution in [0.1, 0.15) is 5.01 Å². The lowest BCUT2D eigenvalue weighted by Gasteiger charge is -1.91. The first-order valence-corrected chi connectivity index (χ1v) is 5.34. The van der Waals surface area contributed by atoms with Gasteiger partial charge in [-0.3, -0.25) is 0 Å². The Bertz CT molecular complexity index is 443. The maximum atomic E-state index is 8.47. The van der Waals surface area contributed by atoms with E-state index in [0.29, 0.717) is 6.54 Å². The van der Waals surface area contributed by atoms with E-state index in [1.165, 1.54) is 10.2 Å². The van der Waals surface area contributed by atoms with Crippen molar-refractivity contribution < 1.29 is 5.21 Å². The van der Waals surface area contributed by atoms with Gasteiger partial charge in [-0.25, -0.2) is 10.5 Å². The molecule has 72 valence electrons. The molecule has 14 heavy (non-hydrogen) atoms. The number of thiazole rings is 1. The lowest BCUT2D eigenvalue weighted by atomic mass is 9.96. The summed E-state index contributed by atoms with van der Waals surface area (Å²) in [4.78, 5) is 4.48. The van der Waals surface area contributed by atoms with Crippen molar-refractivity contribution >= 4 is 34.9 Å². The third kappa shape index (κ3) is 1.95. The van der Waals surface area contributed by atoms with Gasteiger partial charge in [0.25, 0.3) is 0 Å². The normalized spacial score (nSPS) is 10.9. The Morgan fingerprint density at radius 3 is 3.14 bits per heavy atom. The molecule has 0 fully saturated rings. The highest BCUT2D eigenvalue weighted by Gasteiger charge is 2.02. The zero-order valence-corrected chi connectivity index (χ0v) is 8.77. The van der Waals surface area contributed by atoms with E-state index in [2.05, 4.69) is 36.5 Å². The second kappa shape index (κ2) is 4.08. The van der Waals surface area contributed by atoms with E-state index in [1.807, 2.05) is 0 Å². The molecule has 2 aromatic rings. The molecule has 1 heterocycles. The summed E-state index contributed by atoms with van der Waals surface area (Å²) in [6.45, 7) is 0.554. The number of hydroxylamine groups is 1. The van der Waals surface area contributed by atoms with Crippen molar-refractivity contribution in [2.75, 3.05) is 6.54 Å². The van der Waals surface area contributed by atoms with Gasteiger partial charge in [0.05, 0.1) is 15.2 Å². The topological polar surface area (TPSA) is 45.1 Å². The number of rotatable bonds is 3. The minimum Gasteiger partial charge on any atom is -0.317 e. The summed E-state index contributed by atoms with van der Waals surface area (Å²) < 4.78 is 1.21. The van der Waals surface area contributed by atoms with Crippen molar-refractivity contribution in [1.29, 1.82) is 0 Å². The summed E-state index contributed by atoms with van der Waals surface area (Å²) in [5.74, 6) is 0. The minimum absolute atomic E-state index is 0.554. The van der Waals surface area contributed by atoms with Gasteiger partial charge in [0, 0.05) is 13.0 Å². The summed E-state index contributed by atoms with van der Waals surface area (Å²) in [6.07, 6.45) is 0.773. The van der Waals surface area contributed by atoms with Gasteiger partial charge in [0.1, 0.15) is 7.85 Å². The van der Waals surface area contributed by atoms with Crippen LogP contribution >= 0.6 is 11.3 Å². The maximum absolute atomic E-state index is 8.47. The van der Waals surface area contributed by atoms with Crippen LogP contribution in [0.2, 0.25) is 0 Å². The molecule has 0 aliphatic heterocycles. The number of benzene rings is 1. The fourth-order valence-corrected chi connectivity index (χ4v) is 2.30. The third-order valence-corrected chi connectivity index (χ3v) is 3.13.